The average Bonchev–Trinajstić information content (AvgIpc) is 2.99. The molecule has 1 aliphatic rings. The molecule has 0 bridgehead atoms. The summed E-state index contributed by atoms with van der Waals surface area (Å²) in [5.74, 6) is -0.196. The molecule has 0 saturated carbocycles. The first-order valence-corrected chi connectivity index (χ1v) is 9.30. The number of rotatable bonds is 5. The summed E-state index contributed by atoms with van der Waals surface area (Å²) in [5.41, 5.74) is 2.49. The number of carbonyl (C=O) groups is 1. The van der Waals surface area contributed by atoms with Crippen LogP contribution in [-0.4, -0.2) is 33.7 Å². The molecule has 128 valence electrons. The van der Waals surface area contributed by atoms with Crippen LogP contribution in [0.3, 0.4) is 0 Å². The van der Waals surface area contributed by atoms with Crippen molar-refractivity contribution < 1.29 is 4.79 Å². The first kappa shape index (κ1) is 17.2. The quantitative estimate of drug-likeness (QED) is 0.841. The van der Waals surface area contributed by atoms with E-state index in [1.807, 2.05) is 25.3 Å². The van der Waals surface area contributed by atoms with Gasteiger partial charge in [-0.3, -0.25) is 14.4 Å². The molecule has 0 unspecified atom stereocenters. The lowest BCUT2D eigenvalue weighted by atomic mass is 10.1. The van der Waals surface area contributed by atoms with Crippen LogP contribution in [0.4, 0.5) is 5.69 Å². The highest BCUT2D eigenvalue weighted by atomic mass is 79.9. The van der Waals surface area contributed by atoms with Crippen LogP contribution in [0.5, 0.6) is 0 Å². The topological polar surface area (TPSA) is 50.2 Å². The van der Waals surface area contributed by atoms with E-state index in [0.717, 1.165) is 18.8 Å². The molecule has 1 aromatic carbocycles. The van der Waals surface area contributed by atoms with Gasteiger partial charge in [-0.2, -0.15) is 5.10 Å². The van der Waals surface area contributed by atoms with Crippen LogP contribution in [0.25, 0.3) is 0 Å². The summed E-state index contributed by atoms with van der Waals surface area (Å²) in [6.07, 6.45) is 5.77. The van der Waals surface area contributed by atoms with E-state index < -0.39 is 0 Å². The first-order chi connectivity index (χ1) is 11.7. The average molecular weight is 391 g/mol. The molecule has 0 spiro atoms. The van der Waals surface area contributed by atoms with Gasteiger partial charge in [-0.05, 0) is 66.5 Å². The summed E-state index contributed by atoms with van der Waals surface area (Å²) in [6.45, 7) is 6.08. The summed E-state index contributed by atoms with van der Waals surface area (Å²) in [6, 6.07) is 8.09. The highest BCUT2D eigenvalue weighted by Crippen LogP contribution is 2.18. The van der Waals surface area contributed by atoms with Crippen molar-refractivity contribution in [1.82, 2.24) is 14.7 Å². The number of nitrogens with zero attached hydrogens (tertiary/aromatic N) is 3. The van der Waals surface area contributed by atoms with Crippen molar-refractivity contribution in [1.29, 1.82) is 0 Å². The fraction of sp³-hybridized carbons (Fsp3) is 0.444. The Labute approximate surface area is 151 Å². The van der Waals surface area contributed by atoms with Crippen molar-refractivity contribution in [2.75, 3.05) is 18.4 Å². The fourth-order valence-corrected chi connectivity index (χ4v) is 3.47. The number of hydrogen-bond donors (Lipinski definition) is 1. The Bertz CT molecular complexity index is 690. The number of hydrogen-bond acceptors (Lipinski definition) is 3. The van der Waals surface area contributed by atoms with Gasteiger partial charge in [0, 0.05) is 25.0 Å². The molecule has 24 heavy (non-hydrogen) atoms. The molecule has 0 atom stereocenters. The molecule has 2 aromatic rings. The maximum atomic E-state index is 12.3. The highest BCUT2D eigenvalue weighted by molar-refractivity contribution is 9.10. The van der Waals surface area contributed by atoms with Crippen LogP contribution in [-0.2, 0) is 13.1 Å². The summed E-state index contributed by atoms with van der Waals surface area (Å²) < 4.78 is 2.45. The van der Waals surface area contributed by atoms with Gasteiger partial charge in [0.25, 0.3) is 5.91 Å². The van der Waals surface area contributed by atoms with Crippen molar-refractivity contribution in [2.24, 2.45) is 0 Å². The number of benzene rings is 1. The molecule has 1 fully saturated rings. The Kier molecular flexibility index (Phi) is 5.68. The normalized spacial score (nSPS) is 15.4. The maximum absolute atomic E-state index is 12.3. The highest BCUT2D eigenvalue weighted by Gasteiger charge is 2.15. The summed E-state index contributed by atoms with van der Waals surface area (Å²) in [7, 11) is 0. The van der Waals surface area contributed by atoms with Gasteiger partial charge in [0.15, 0.2) is 5.69 Å². The van der Waals surface area contributed by atoms with Crippen LogP contribution >= 0.6 is 15.9 Å². The van der Waals surface area contributed by atoms with Crippen LogP contribution in [0.2, 0.25) is 0 Å². The molecule has 6 heteroatoms. The number of anilines is 1. The van der Waals surface area contributed by atoms with E-state index in [0.29, 0.717) is 10.2 Å². The summed E-state index contributed by atoms with van der Waals surface area (Å²) in [4.78, 5) is 14.8. The molecule has 1 aliphatic heterocycles. The second-order valence-corrected chi connectivity index (χ2v) is 7.02. The summed E-state index contributed by atoms with van der Waals surface area (Å²) >= 11 is 3.39. The van der Waals surface area contributed by atoms with E-state index >= 15 is 0 Å². The molecule has 1 N–H and O–H groups in total. The smallest absolute Gasteiger partial charge is 0.277 e. The SMILES string of the molecule is CCn1cc(Br)c(C(=O)Nc2ccc(CN3CCCCC3)cc2)n1. The van der Waals surface area contributed by atoms with E-state index in [9.17, 15) is 4.79 Å². The lowest BCUT2D eigenvalue weighted by Crippen LogP contribution is -2.29. The van der Waals surface area contributed by atoms with Gasteiger partial charge in [0.05, 0.1) is 4.47 Å². The fourth-order valence-electron chi connectivity index (χ4n) is 2.97. The molecule has 5 nitrogen and oxygen atoms in total. The molecular formula is C18H23BrN4O. The van der Waals surface area contributed by atoms with E-state index in [2.05, 4.69) is 43.4 Å². The van der Waals surface area contributed by atoms with E-state index in [4.69, 9.17) is 0 Å². The number of carbonyl (C=O) groups excluding carboxylic acids is 1. The molecule has 1 amide bonds. The van der Waals surface area contributed by atoms with Crippen molar-refractivity contribution in [2.45, 2.75) is 39.3 Å². The predicted octanol–water partition coefficient (Wildman–Crippen LogP) is 3.90. The van der Waals surface area contributed by atoms with E-state index in [1.165, 1.54) is 37.9 Å². The third-order valence-corrected chi connectivity index (χ3v) is 4.90. The van der Waals surface area contributed by atoms with Crippen LogP contribution in [0, 0.1) is 0 Å². The first-order valence-electron chi connectivity index (χ1n) is 8.51. The lowest BCUT2D eigenvalue weighted by molar-refractivity contribution is 0.102. The molecular weight excluding hydrogens is 368 g/mol. The number of aromatic nitrogens is 2. The van der Waals surface area contributed by atoms with Crippen LogP contribution in [0.1, 0.15) is 42.2 Å². The Morgan fingerprint density at radius 1 is 1.21 bits per heavy atom. The van der Waals surface area contributed by atoms with Crippen LogP contribution < -0.4 is 5.32 Å². The van der Waals surface area contributed by atoms with Gasteiger partial charge in [0.1, 0.15) is 0 Å². The van der Waals surface area contributed by atoms with Crippen molar-refractivity contribution in [3.63, 3.8) is 0 Å². The molecule has 1 aromatic heterocycles. The van der Waals surface area contributed by atoms with Crippen molar-refractivity contribution in [3.8, 4) is 0 Å². The number of nitrogens with one attached hydrogen (secondary N) is 1. The number of halogens is 1. The number of piperidine rings is 1. The Hall–Kier alpha value is -1.66. The minimum Gasteiger partial charge on any atom is -0.321 e. The second-order valence-electron chi connectivity index (χ2n) is 6.17. The zero-order valence-electron chi connectivity index (χ0n) is 14.0. The van der Waals surface area contributed by atoms with Crippen molar-refractivity contribution >= 4 is 27.5 Å². The molecule has 1 saturated heterocycles. The largest absolute Gasteiger partial charge is 0.321 e. The molecule has 2 heterocycles. The van der Waals surface area contributed by atoms with Gasteiger partial charge in [-0.15, -0.1) is 0 Å². The van der Waals surface area contributed by atoms with Gasteiger partial charge in [0.2, 0.25) is 0 Å². The zero-order valence-corrected chi connectivity index (χ0v) is 15.6. The standard InChI is InChI=1S/C18H23BrN4O/c1-2-23-13-16(19)17(21-23)18(24)20-15-8-6-14(7-9-15)12-22-10-4-3-5-11-22/h6-9,13H,2-5,10-12H2,1H3,(H,20,24). The number of aryl methyl sites for hydroxylation is 1. The van der Waals surface area contributed by atoms with Gasteiger partial charge >= 0.3 is 0 Å². The Morgan fingerprint density at radius 3 is 2.54 bits per heavy atom. The van der Waals surface area contributed by atoms with E-state index in [-0.39, 0.29) is 5.91 Å². The molecule has 0 aliphatic carbocycles. The summed E-state index contributed by atoms with van der Waals surface area (Å²) in [5, 5.41) is 7.18. The number of likely N-dealkylation sites (tertiary alicyclic amines) is 1. The zero-order chi connectivity index (χ0) is 16.9. The minimum atomic E-state index is -0.196. The monoisotopic (exact) mass is 390 g/mol. The Morgan fingerprint density at radius 2 is 1.92 bits per heavy atom. The molecule has 3 rings (SSSR count). The Balaban J connectivity index is 1.60. The third kappa shape index (κ3) is 4.24. The van der Waals surface area contributed by atoms with Crippen molar-refractivity contribution in [3.05, 3.63) is 46.2 Å². The van der Waals surface area contributed by atoms with Gasteiger partial charge in [-0.25, -0.2) is 0 Å². The second kappa shape index (κ2) is 7.94. The lowest BCUT2D eigenvalue weighted by Gasteiger charge is -2.26. The van der Waals surface area contributed by atoms with E-state index in [1.54, 1.807) is 4.68 Å². The van der Waals surface area contributed by atoms with Gasteiger partial charge < -0.3 is 5.32 Å². The maximum Gasteiger partial charge on any atom is 0.277 e. The number of amides is 1. The predicted molar refractivity (Wildman–Crippen MR) is 99.1 cm³/mol. The third-order valence-electron chi connectivity index (χ3n) is 4.32. The molecule has 0 radical (unpaired) electrons. The van der Waals surface area contributed by atoms with Gasteiger partial charge in [-0.1, -0.05) is 18.6 Å². The minimum absolute atomic E-state index is 0.196. The van der Waals surface area contributed by atoms with Crippen LogP contribution in [0.15, 0.2) is 34.9 Å².